The number of nitrogens with one attached hydrogen (secondary N) is 1. The van der Waals surface area contributed by atoms with E-state index in [-0.39, 0.29) is 11.7 Å². The molecule has 2 aromatic heterocycles. The van der Waals surface area contributed by atoms with Gasteiger partial charge in [-0.3, -0.25) is 0 Å². The first-order valence-electron chi connectivity index (χ1n) is 6.59. The molecule has 114 valence electrons. The topological polar surface area (TPSA) is 64.3 Å². The fraction of sp³-hybridized carbons (Fsp3) is 0.583. The molecule has 1 saturated heterocycles. The molecule has 1 aliphatic heterocycles. The Kier molecular flexibility index (Phi) is 3.44. The Morgan fingerprint density at radius 2 is 2.19 bits per heavy atom. The van der Waals surface area contributed by atoms with Gasteiger partial charge >= 0.3 is 6.18 Å². The van der Waals surface area contributed by atoms with Crippen molar-refractivity contribution < 1.29 is 17.9 Å². The van der Waals surface area contributed by atoms with Crippen LogP contribution < -0.4 is 5.32 Å². The summed E-state index contributed by atoms with van der Waals surface area (Å²) in [6.45, 7) is 3.33. The maximum absolute atomic E-state index is 12.8. The lowest BCUT2D eigenvalue weighted by atomic mass is 10.0. The van der Waals surface area contributed by atoms with Crippen LogP contribution in [0.2, 0.25) is 0 Å². The molecular formula is C12H14F3N5O. The number of ether oxygens (including phenoxy) is 1. The van der Waals surface area contributed by atoms with Gasteiger partial charge in [0.15, 0.2) is 5.65 Å². The number of alkyl halides is 3. The van der Waals surface area contributed by atoms with Crippen molar-refractivity contribution >= 4 is 11.5 Å². The summed E-state index contributed by atoms with van der Waals surface area (Å²) in [7, 11) is 0. The molecule has 2 unspecified atom stereocenters. The summed E-state index contributed by atoms with van der Waals surface area (Å²) in [6.07, 6.45) is -3.66. The second-order valence-corrected chi connectivity index (χ2v) is 5.07. The van der Waals surface area contributed by atoms with Crippen molar-refractivity contribution in [2.45, 2.75) is 25.6 Å². The highest BCUT2D eigenvalue weighted by molar-refractivity contribution is 5.44. The molecule has 0 spiro atoms. The van der Waals surface area contributed by atoms with E-state index in [9.17, 15) is 13.2 Å². The summed E-state index contributed by atoms with van der Waals surface area (Å²) < 4.78 is 44.4. The molecule has 0 aromatic carbocycles. The van der Waals surface area contributed by atoms with Crippen LogP contribution in [0.4, 0.5) is 19.0 Å². The first-order valence-corrected chi connectivity index (χ1v) is 6.59. The molecule has 9 heteroatoms. The van der Waals surface area contributed by atoms with Gasteiger partial charge in [0.05, 0.1) is 6.61 Å². The predicted molar refractivity (Wildman–Crippen MR) is 67.8 cm³/mol. The number of hydrogen-bond donors (Lipinski definition) is 1. The summed E-state index contributed by atoms with van der Waals surface area (Å²) in [5, 5.41) is 13.6. The Bertz CT molecular complexity index is 635. The van der Waals surface area contributed by atoms with E-state index in [1.165, 1.54) is 6.07 Å². The maximum atomic E-state index is 12.8. The number of halogens is 3. The van der Waals surface area contributed by atoms with Crippen LogP contribution in [0, 0.1) is 5.92 Å². The Hall–Kier alpha value is -1.90. The summed E-state index contributed by atoms with van der Waals surface area (Å²) in [6, 6.07) is 3.11. The van der Waals surface area contributed by atoms with Crippen LogP contribution in [0.15, 0.2) is 12.1 Å². The first kappa shape index (κ1) is 14.1. The highest BCUT2D eigenvalue weighted by atomic mass is 19.4. The van der Waals surface area contributed by atoms with Crippen molar-refractivity contribution in [2.24, 2.45) is 5.92 Å². The molecule has 0 saturated carbocycles. The SMILES string of the molecule is CC(Nc1ccc2nnc(C(F)(F)F)n2n1)C1CCOC1. The van der Waals surface area contributed by atoms with Crippen LogP contribution in [0.1, 0.15) is 19.2 Å². The minimum absolute atomic E-state index is 0.0586. The maximum Gasteiger partial charge on any atom is 0.453 e. The van der Waals surface area contributed by atoms with Gasteiger partial charge in [-0.2, -0.15) is 17.7 Å². The molecule has 1 aliphatic rings. The molecule has 2 aromatic rings. The van der Waals surface area contributed by atoms with Gasteiger partial charge in [0, 0.05) is 18.6 Å². The predicted octanol–water partition coefficient (Wildman–Crippen LogP) is 1.98. The standard InChI is InChI=1S/C12H14F3N5O/c1-7(8-4-5-21-6-8)16-9-2-3-10-17-18-11(12(13,14)15)20(10)19-9/h2-3,7-8H,4-6H2,1H3,(H,16,19). The molecule has 0 aliphatic carbocycles. The Morgan fingerprint density at radius 1 is 1.38 bits per heavy atom. The van der Waals surface area contributed by atoms with Crippen LogP contribution in [-0.4, -0.2) is 39.1 Å². The van der Waals surface area contributed by atoms with E-state index in [4.69, 9.17) is 4.74 Å². The van der Waals surface area contributed by atoms with E-state index in [1.54, 1.807) is 6.07 Å². The molecule has 1 N–H and O–H groups in total. The van der Waals surface area contributed by atoms with Gasteiger partial charge in [-0.15, -0.1) is 15.3 Å². The van der Waals surface area contributed by atoms with Gasteiger partial charge in [-0.05, 0) is 25.5 Å². The molecule has 3 rings (SSSR count). The van der Waals surface area contributed by atoms with Gasteiger partial charge in [0.1, 0.15) is 5.82 Å². The number of aromatic nitrogens is 4. The van der Waals surface area contributed by atoms with Gasteiger partial charge in [-0.1, -0.05) is 0 Å². The Balaban J connectivity index is 1.86. The van der Waals surface area contributed by atoms with Crippen LogP contribution in [-0.2, 0) is 10.9 Å². The number of anilines is 1. The zero-order chi connectivity index (χ0) is 15.0. The van der Waals surface area contributed by atoms with Crippen LogP contribution in [0.3, 0.4) is 0 Å². The highest BCUT2D eigenvalue weighted by Gasteiger charge is 2.37. The Labute approximate surface area is 118 Å². The summed E-state index contributed by atoms with van der Waals surface area (Å²) in [5.74, 6) is -0.448. The summed E-state index contributed by atoms with van der Waals surface area (Å²) >= 11 is 0. The third-order valence-electron chi connectivity index (χ3n) is 3.56. The minimum Gasteiger partial charge on any atom is -0.381 e. The monoisotopic (exact) mass is 301 g/mol. The van der Waals surface area contributed by atoms with Gasteiger partial charge in [0.25, 0.3) is 5.82 Å². The lowest BCUT2D eigenvalue weighted by Gasteiger charge is -2.19. The molecule has 3 heterocycles. The van der Waals surface area contributed by atoms with E-state index in [1.807, 2.05) is 6.92 Å². The third kappa shape index (κ3) is 2.78. The zero-order valence-electron chi connectivity index (χ0n) is 11.3. The summed E-state index contributed by atoms with van der Waals surface area (Å²) in [5.41, 5.74) is 0.0599. The third-order valence-corrected chi connectivity index (χ3v) is 3.56. The molecule has 6 nitrogen and oxygen atoms in total. The zero-order valence-corrected chi connectivity index (χ0v) is 11.3. The van der Waals surface area contributed by atoms with Gasteiger partial charge in [0.2, 0.25) is 0 Å². The average Bonchev–Trinajstić information content (AvgIpc) is 3.06. The van der Waals surface area contributed by atoms with Crippen LogP contribution >= 0.6 is 0 Å². The Morgan fingerprint density at radius 3 is 2.86 bits per heavy atom. The quantitative estimate of drug-likeness (QED) is 0.939. The van der Waals surface area contributed by atoms with E-state index in [0.717, 1.165) is 6.42 Å². The van der Waals surface area contributed by atoms with E-state index < -0.39 is 12.0 Å². The van der Waals surface area contributed by atoms with E-state index in [2.05, 4.69) is 20.6 Å². The summed E-state index contributed by atoms with van der Waals surface area (Å²) in [4.78, 5) is 0. The lowest BCUT2D eigenvalue weighted by Crippen LogP contribution is -2.27. The van der Waals surface area contributed by atoms with Crippen molar-refractivity contribution in [3.8, 4) is 0 Å². The molecule has 21 heavy (non-hydrogen) atoms. The normalized spacial score (nSPS) is 20.9. The number of nitrogens with zero attached hydrogens (tertiary/aromatic N) is 4. The van der Waals surface area contributed by atoms with Gasteiger partial charge in [-0.25, -0.2) is 0 Å². The number of fused-ring (bicyclic) bond motifs is 1. The van der Waals surface area contributed by atoms with Crippen molar-refractivity contribution in [1.29, 1.82) is 0 Å². The smallest absolute Gasteiger partial charge is 0.381 e. The molecular weight excluding hydrogens is 287 g/mol. The van der Waals surface area contributed by atoms with Crippen LogP contribution in [0.25, 0.3) is 5.65 Å². The van der Waals surface area contributed by atoms with Crippen molar-refractivity contribution in [3.05, 3.63) is 18.0 Å². The molecule has 2 atom stereocenters. The fourth-order valence-corrected chi connectivity index (χ4v) is 2.34. The second kappa shape index (κ2) is 5.14. The second-order valence-electron chi connectivity index (χ2n) is 5.07. The first-order chi connectivity index (χ1) is 9.95. The van der Waals surface area contributed by atoms with Crippen molar-refractivity contribution in [2.75, 3.05) is 18.5 Å². The van der Waals surface area contributed by atoms with Crippen molar-refractivity contribution in [1.82, 2.24) is 19.8 Å². The van der Waals surface area contributed by atoms with E-state index >= 15 is 0 Å². The minimum atomic E-state index is -4.59. The number of hydrogen-bond acceptors (Lipinski definition) is 5. The molecule has 0 radical (unpaired) electrons. The number of rotatable bonds is 3. The fourth-order valence-electron chi connectivity index (χ4n) is 2.34. The largest absolute Gasteiger partial charge is 0.453 e. The molecule has 0 amide bonds. The average molecular weight is 301 g/mol. The lowest BCUT2D eigenvalue weighted by molar-refractivity contribution is -0.146. The van der Waals surface area contributed by atoms with Crippen LogP contribution in [0.5, 0.6) is 0 Å². The molecule has 1 fully saturated rings. The highest BCUT2D eigenvalue weighted by Crippen LogP contribution is 2.27. The van der Waals surface area contributed by atoms with Crippen molar-refractivity contribution in [3.63, 3.8) is 0 Å². The van der Waals surface area contributed by atoms with E-state index in [0.29, 0.717) is 29.5 Å². The molecule has 0 bridgehead atoms. The van der Waals surface area contributed by atoms with Gasteiger partial charge < -0.3 is 10.1 Å².